The number of ether oxygens (including phenoxy) is 7. The second-order valence-electron chi connectivity index (χ2n) is 16.2. The second-order valence-corrected chi connectivity index (χ2v) is 16.2. The molecule has 57 heavy (non-hydrogen) atoms. The molecular weight excluding hydrogens is 719 g/mol. The predicted molar refractivity (Wildman–Crippen MR) is 220 cm³/mol. The number of allylic oxidation sites excluding steroid dienone is 1. The quantitative estimate of drug-likeness (QED) is 0.0982. The molecule has 9 heteroatoms. The van der Waals surface area contributed by atoms with Crippen LogP contribution in [0.25, 0.3) is 0 Å². The minimum absolute atomic E-state index is 0.274. The molecule has 0 bridgehead atoms. The molecule has 1 amide bonds. The normalized spacial score (nSPS) is 23.5. The molecule has 6 rings (SSSR count). The maximum atomic E-state index is 13.3. The topological polar surface area (TPSA) is 84.9 Å². The Balaban J connectivity index is 1.26. The monoisotopic (exact) mass is 777 g/mol. The van der Waals surface area contributed by atoms with Gasteiger partial charge in [-0.15, -0.1) is 0 Å². The van der Waals surface area contributed by atoms with E-state index in [4.69, 9.17) is 33.2 Å². The van der Waals surface area contributed by atoms with Crippen molar-refractivity contribution >= 4 is 6.09 Å². The molecule has 9 nitrogen and oxygen atoms in total. The molecule has 0 aliphatic carbocycles. The van der Waals surface area contributed by atoms with Crippen LogP contribution in [0.1, 0.15) is 69.7 Å². The van der Waals surface area contributed by atoms with Gasteiger partial charge in [-0.25, -0.2) is 4.79 Å². The van der Waals surface area contributed by atoms with E-state index in [2.05, 4.69) is 54.6 Å². The van der Waals surface area contributed by atoms with Gasteiger partial charge in [-0.1, -0.05) is 133 Å². The first-order valence-corrected chi connectivity index (χ1v) is 20.1. The summed E-state index contributed by atoms with van der Waals surface area (Å²) in [4.78, 5) is 15.0. The Morgan fingerprint density at radius 3 is 1.63 bits per heavy atom. The van der Waals surface area contributed by atoms with E-state index in [-0.39, 0.29) is 12.1 Å². The Labute approximate surface area is 338 Å². The molecule has 0 saturated carbocycles. The Hall–Kier alpha value is -4.35. The van der Waals surface area contributed by atoms with Crippen LogP contribution in [-0.4, -0.2) is 72.1 Å². The summed E-state index contributed by atoms with van der Waals surface area (Å²) in [5, 5.41) is 0. The summed E-state index contributed by atoms with van der Waals surface area (Å²) in [7, 11) is 0. The van der Waals surface area contributed by atoms with Crippen LogP contribution >= 0.6 is 0 Å². The maximum absolute atomic E-state index is 13.3. The number of amides is 1. The smallest absolute Gasteiger partial charge is 0.413 e. The molecule has 0 aromatic heterocycles. The van der Waals surface area contributed by atoms with Gasteiger partial charge < -0.3 is 33.2 Å². The van der Waals surface area contributed by atoms with E-state index >= 15 is 0 Å². The van der Waals surface area contributed by atoms with E-state index < -0.39 is 41.8 Å². The number of benzene rings is 4. The van der Waals surface area contributed by atoms with Crippen LogP contribution in [0, 0.1) is 0 Å². The van der Waals surface area contributed by atoms with Crippen molar-refractivity contribution in [1.82, 2.24) is 4.90 Å². The Morgan fingerprint density at radius 2 is 1.14 bits per heavy atom. The van der Waals surface area contributed by atoms with Crippen molar-refractivity contribution in [2.24, 2.45) is 0 Å². The molecule has 2 fully saturated rings. The summed E-state index contributed by atoms with van der Waals surface area (Å²) in [6, 6.07) is 40.3. The van der Waals surface area contributed by atoms with Crippen LogP contribution in [-0.2, 0) is 59.6 Å². The van der Waals surface area contributed by atoms with Crippen molar-refractivity contribution in [3.8, 4) is 0 Å². The average molecular weight is 778 g/mol. The molecule has 4 aromatic carbocycles. The fourth-order valence-corrected chi connectivity index (χ4v) is 7.27. The summed E-state index contributed by atoms with van der Waals surface area (Å²) in [6.07, 6.45) is 2.76. The molecule has 2 saturated heterocycles. The van der Waals surface area contributed by atoms with Gasteiger partial charge in [0.25, 0.3) is 0 Å². The van der Waals surface area contributed by atoms with E-state index in [9.17, 15) is 4.79 Å². The Morgan fingerprint density at radius 1 is 0.684 bits per heavy atom. The molecule has 0 radical (unpaired) electrons. The highest BCUT2D eigenvalue weighted by Gasteiger charge is 2.48. The number of hydrogen-bond donors (Lipinski definition) is 0. The summed E-state index contributed by atoms with van der Waals surface area (Å²) >= 11 is 0. The molecule has 0 spiro atoms. The summed E-state index contributed by atoms with van der Waals surface area (Å²) in [6.45, 7) is 11.6. The van der Waals surface area contributed by atoms with Crippen LogP contribution in [0.3, 0.4) is 0 Å². The zero-order chi connectivity index (χ0) is 40.1. The fraction of sp³-hybridized carbons (Fsp3) is 0.438. The van der Waals surface area contributed by atoms with Crippen LogP contribution < -0.4 is 0 Å². The highest BCUT2D eigenvalue weighted by Crippen LogP contribution is 2.34. The number of nitrogens with zero attached hydrogens (tertiary/aromatic N) is 1. The first-order chi connectivity index (χ1) is 27.6. The molecule has 4 aromatic rings. The third-order valence-electron chi connectivity index (χ3n) is 10.1. The molecule has 2 aliphatic heterocycles. The lowest BCUT2D eigenvalue weighted by Gasteiger charge is -2.46. The van der Waals surface area contributed by atoms with Gasteiger partial charge >= 0.3 is 6.09 Å². The number of hydrogen-bond acceptors (Lipinski definition) is 8. The first-order valence-electron chi connectivity index (χ1n) is 20.1. The van der Waals surface area contributed by atoms with Crippen molar-refractivity contribution in [1.29, 1.82) is 0 Å². The number of carbonyl (C=O) groups excluding carboxylic acids is 1. The van der Waals surface area contributed by atoms with Crippen molar-refractivity contribution in [2.75, 3.05) is 13.2 Å². The zero-order valence-corrected chi connectivity index (χ0v) is 34.0. The number of rotatable bonds is 17. The molecule has 0 unspecified atom stereocenters. The first kappa shape index (κ1) is 42.3. The van der Waals surface area contributed by atoms with E-state index in [0.29, 0.717) is 52.5 Å². The van der Waals surface area contributed by atoms with Gasteiger partial charge in [0.05, 0.1) is 51.8 Å². The lowest BCUT2D eigenvalue weighted by atomic mass is 9.91. The van der Waals surface area contributed by atoms with Gasteiger partial charge in [0.2, 0.25) is 0 Å². The third kappa shape index (κ3) is 12.6. The highest BCUT2D eigenvalue weighted by atomic mass is 16.6. The predicted octanol–water partition coefficient (Wildman–Crippen LogP) is 9.44. The molecule has 6 atom stereocenters. The van der Waals surface area contributed by atoms with E-state index in [1.54, 1.807) is 4.90 Å². The van der Waals surface area contributed by atoms with Gasteiger partial charge in [-0.05, 0) is 69.7 Å². The summed E-state index contributed by atoms with van der Waals surface area (Å²) < 4.78 is 45.8. The third-order valence-corrected chi connectivity index (χ3v) is 10.1. The van der Waals surface area contributed by atoms with Crippen molar-refractivity contribution < 1.29 is 38.0 Å². The van der Waals surface area contributed by atoms with Gasteiger partial charge in [-0.2, -0.15) is 0 Å². The van der Waals surface area contributed by atoms with Crippen molar-refractivity contribution in [2.45, 2.75) is 122 Å². The second kappa shape index (κ2) is 20.4. The highest BCUT2D eigenvalue weighted by molar-refractivity contribution is 5.70. The lowest BCUT2D eigenvalue weighted by Crippen LogP contribution is -2.61. The van der Waals surface area contributed by atoms with Gasteiger partial charge in [0, 0.05) is 0 Å². The minimum Gasteiger partial charge on any atom is -0.444 e. The van der Waals surface area contributed by atoms with E-state index in [1.165, 1.54) is 0 Å². The molecule has 304 valence electrons. The van der Waals surface area contributed by atoms with Crippen LogP contribution in [0.4, 0.5) is 4.79 Å². The fourth-order valence-electron chi connectivity index (χ4n) is 7.27. The van der Waals surface area contributed by atoms with E-state index in [0.717, 1.165) is 22.3 Å². The van der Waals surface area contributed by atoms with Crippen LogP contribution in [0.15, 0.2) is 133 Å². The molecule has 2 aliphatic rings. The van der Waals surface area contributed by atoms with Crippen LogP contribution in [0.2, 0.25) is 0 Å². The van der Waals surface area contributed by atoms with Gasteiger partial charge in [-0.3, -0.25) is 4.90 Å². The van der Waals surface area contributed by atoms with Gasteiger partial charge in [0.1, 0.15) is 35.7 Å². The summed E-state index contributed by atoms with van der Waals surface area (Å²) in [5.41, 5.74) is 2.82. The average Bonchev–Trinajstić information content (AvgIpc) is 3.52. The molecular formula is C48H59NO8. The van der Waals surface area contributed by atoms with Crippen molar-refractivity contribution in [3.63, 3.8) is 0 Å². The Bertz CT molecular complexity index is 1800. The largest absolute Gasteiger partial charge is 0.444 e. The SMILES string of the molecule is CC(C)(C)OC(=O)N1[C@@H](/C=C\CC[C@@H]2O[C@H](COCc3ccccc3)[C@H](OCc3ccccc3)[C@H](OCc3ccccc3)[C@H]2OCc2ccccc2)COC1(C)C. The zero-order valence-electron chi connectivity index (χ0n) is 34.0. The van der Waals surface area contributed by atoms with E-state index in [1.807, 2.05) is 113 Å². The number of carbonyl (C=O) groups is 1. The molecule has 2 heterocycles. The lowest BCUT2D eigenvalue weighted by molar-refractivity contribution is -0.273. The minimum atomic E-state index is -0.800. The van der Waals surface area contributed by atoms with Gasteiger partial charge in [0.15, 0.2) is 0 Å². The Kier molecular flexibility index (Phi) is 15.1. The maximum Gasteiger partial charge on any atom is 0.413 e. The standard InChI is InChI=1S/C48H59NO8/c1-47(2,3)57-46(50)49-40(34-55-48(49,4)5)28-18-19-29-41-43(52-31-37-22-12-7-13-23-37)45(54-33-39-26-16-9-17-27-39)44(53-32-38-24-14-8-15-25-38)42(56-41)35-51-30-36-20-10-6-11-21-36/h6-18,20-28,40-45H,19,29-35H2,1-5H3/b28-18-/t40-,41-,42+,43-,44-,45+/m0/s1. The summed E-state index contributed by atoms with van der Waals surface area (Å²) in [5.74, 6) is 0. The molecule has 0 N–H and O–H groups in total. The van der Waals surface area contributed by atoms with Crippen molar-refractivity contribution in [3.05, 3.63) is 156 Å². The van der Waals surface area contributed by atoms with Crippen LogP contribution in [0.5, 0.6) is 0 Å².